The number of hydrogen-bond acceptors (Lipinski definition) is 3. The fourth-order valence-electron chi connectivity index (χ4n) is 1.34. The number of carbonyl (C=O) groups excluding carboxylic acids is 1. The van der Waals surface area contributed by atoms with Crippen LogP contribution in [0.25, 0.3) is 0 Å². The molecule has 0 aliphatic heterocycles. The highest BCUT2D eigenvalue weighted by molar-refractivity contribution is 5.97. The van der Waals surface area contributed by atoms with E-state index in [1.807, 2.05) is 6.92 Å². The maximum Gasteiger partial charge on any atom is 0.263 e. The summed E-state index contributed by atoms with van der Waals surface area (Å²) in [5.74, 6) is -5.01. The second kappa shape index (κ2) is 7.33. The zero-order valence-electron chi connectivity index (χ0n) is 11.5. The molecule has 1 amide bonds. The van der Waals surface area contributed by atoms with Crippen molar-refractivity contribution in [3.05, 3.63) is 41.4 Å². The number of amides is 1. The Bertz CT molecular complexity index is 608. The number of carbonyl (C=O) groups is 1. The summed E-state index contributed by atoms with van der Waals surface area (Å²) in [6, 6.07) is 3.21. The molecule has 21 heavy (non-hydrogen) atoms. The lowest BCUT2D eigenvalue weighted by atomic mass is 10.2. The van der Waals surface area contributed by atoms with Crippen LogP contribution in [-0.4, -0.2) is 11.9 Å². The van der Waals surface area contributed by atoms with Gasteiger partial charge in [-0.15, -0.1) is 0 Å². The molecule has 0 saturated carbocycles. The van der Waals surface area contributed by atoms with Crippen molar-refractivity contribution in [2.24, 2.45) is 0 Å². The van der Waals surface area contributed by atoms with Gasteiger partial charge in [-0.2, -0.15) is 5.26 Å². The lowest BCUT2D eigenvalue weighted by Crippen LogP contribution is -2.33. The van der Waals surface area contributed by atoms with Gasteiger partial charge < -0.3 is 10.6 Å². The standard InChI is InChI=1S/C14H14F3N3O/c1-3-8(2)20-14(21)9(6-18)7-19-11-5-4-10(15)12(16)13(11)17/h4-5,7-8,19H,3H2,1-2H3,(H,20,21)/b9-7-. The molecule has 4 nitrogen and oxygen atoms in total. The van der Waals surface area contributed by atoms with Crippen LogP contribution in [0.3, 0.4) is 0 Å². The Morgan fingerprint density at radius 2 is 2.05 bits per heavy atom. The number of nitrogens with zero attached hydrogens (tertiary/aromatic N) is 1. The van der Waals surface area contributed by atoms with Crippen LogP contribution in [0.4, 0.5) is 18.9 Å². The van der Waals surface area contributed by atoms with Crippen LogP contribution in [0.2, 0.25) is 0 Å². The van der Waals surface area contributed by atoms with Gasteiger partial charge in [0.15, 0.2) is 17.5 Å². The SMILES string of the molecule is CCC(C)NC(=O)/C(C#N)=C\Nc1ccc(F)c(F)c1F. The number of rotatable bonds is 5. The number of anilines is 1. The van der Waals surface area contributed by atoms with Gasteiger partial charge in [0.1, 0.15) is 11.6 Å². The number of nitrogens with one attached hydrogen (secondary N) is 2. The minimum Gasteiger partial charge on any atom is -0.358 e. The van der Waals surface area contributed by atoms with Crippen LogP contribution in [0.1, 0.15) is 20.3 Å². The minimum absolute atomic E-state index is 0.130. The Balaban J connectivity index is 2.89. The molecule has 1 aromatic rings. The van der Waals surface area contributed by atoms with E-state index in [0.29, 0.717) is 6.42 Å². The van der Waals surface area contributed by atoms with Crippen LogP contribution in [0, 0.1) is 28.8 Å². The van der Waals surface area contributed by atoms with Crippen LogP contribution >= 0.6 is 0 Å². The van der Waals surface area contributed by atoms with E-state index in [-0.39, 0.29) is 17.3 Å². The summed E-state index contributed by atoms with van der Waals surface area (Å²) in [5.41, 5.74) is -0.683. The number of nitriles is 1. The van der Waals surface area contributed by atoms with Crippen LogP contribution < -0.4 is 10.6 Å². The molecule has 1 atom stereocenters. The molecule has 0 aliphatic rings. The fourth-order valence-corrected chi connectivity index (χ4v) is 1.34. The zero-order valence-corrected chi connectivity index (χ0v) is 11.5. The molecule has 0 saturated heterocycles. The van der Waals surface area contributed by atoms with E-state index in [9.17, 15) is 18.0 Å². The number of halogens is 3. The minimum atomic E-state index is -1.63. The Labute approximate surface area is 120 Å². The predicted molar refractivity (Wildman–Crippen MR) is 71.5 cm³/mol. The molecule has 0 heterocycles. The van der Waals surface area contributed by atoms with Crippen molar-refractivity contribution in [1.29, 1.82) is 5.26 Å². The van der Waals surface area contributed by atoms with Gasteiger partial charge in [0.2, 0.25) is 0 Å². The lowest BCUT2D eigenvalue weighted by molar-refractivity contribution is -0.117. The average molecular weight is 297 g/mol. The predicted octanol–water partition coefficient (Wildman–Crippen LogP) is 2.84. The molecule has 0 fully saturated rings. The quantitative estimate of drug-likeness (QED) is 0.499. The van der Waals surface area contributed by atoms with E-state index >= 15 is 0 Å². The molecule has 0 aromatic heterocycles. The molecule has 1 aromatic carbocycles. The van der Waals surface area contributed by atoms with Gasteiger partial charge in [0.25, 0.3) is 5.91 Å². The fraction of sp³-hybridized carbons (Fsp3) is 0.286. The maximum absolute atomic E-state index is 13.4. The van der Waals surface area contributed by atoms with Crippen LogP contribution in [0.5, 0.6) is 0 Å². The Kier molecular flexibility index (Phi) is 5.79. The molecular formula is C14H14F3N3O. The molecule has 2 N–H and O–H groups in total. The van der Waals surface area contributed by atoms with Crippen molar-refractivity contribution in [2.45, 2.75) is 26.3 Å². The van der Waals surface area contributed by atoms with E-state index in [1.54, 1.807) is 13.0 Å². The largest absolute Gasteiger partial charge is 0.358 e. The van der Waals surface area contributed by atoms with Crippen molar-refractivity contribution in [3.63, 3.8) is 0 Å². The number of benzene rings is 1. The summed E-state index contributed by atoms with van der Waals surface area (Å²) in [4.78, 5) is 11.7. The van der Waals surface area contributed by atoms with Gasteiger partial charge in [-0.05, 0) is 25.5 Å². The third-order valence-electron chi connectivity index (χ3n) is 2.76. The van der Waals surface area contributed by atoms with Crippen LogP contribution in [0.15, 0.2) is 23.9 Å². The number of hydrogen-bond donors (Lipinski definition) is 2. The van der Waals surface area contributed by atoms with E-state index in [4.69, 9.17) is 5.26 Å². The molecule has 1 rings (SSSR count). The molecule has 0 aliphatic carbocycles. The van der Waals surface area contributed by atoms with Crippen molar-refractivity contribution < 1.29 is 18.0 Å². The van der Waals surface area contributed by atoms with Gasteiger partial charge in [0.05, 0.1) is 5.69 Å². The molecule has 0 bridgehead atoms. The summed E-state index contributed by atoms with van der Waals surface area (Å²) in [7, 11) is 0. The van der Waals surface area contributed by atoms with E-state index < -0.39 is 23.4 Å². The van der Waals surface area contributed by atoms with E-state index in [1.165, 1.54) is 0 Å². The second-order valence-electron chi connectivity index (χ2n) is 4.32. The van der Waals surface area contributed by atoms with Crippen molar-refractivity contribution in [2.75, 3.05) is 5.32 Å². The highest BCUT2D eigenvalue weighted by Crippen LogP contribution is 2.19. The van der Waals surface area contributed by atoms with Crippen LogP contribution in [-0.2, 0) is 4.79 Å². The molecule has 7 heteroatoms. The zero-order chi connectivity index (χ0) is 16.0. The van der Waals surface area contributed by atoms with E-state index in [2.05, 4.69) is 10.6 Å². The van der Waals surface area contributed by atoms with Gasteiger partial charge in [0, 0.05) is 12.2 Å². The summed E-state index contributed by atoms with van der Waals surface area (Å²) in [5, 5.41) is 13.7. The first kappa shape index (κ1) is 16.6. The molecule has 112 valence electrons. The highest BCUT2D eigenvalue weighted by atomic mass is 19.2. The van der Waals surface area contributed by atoms with Gasteiger partial charge >= 0.3 is 0 Å². The van der Waals surface area contributed by atoms with Gasteiger partial charge in [-0.3, -0.25) is 4.79 Å². The average Bonchev–Trinajstić information content (AvgIpc) is 2.47. The monoisotopic (exact) mass is 297 g/mol. The Morgan fingerprint density at radius 3 is 2.62 bits per heavy atom. The second-order valence-corrected chi connectivity index (χ2v) is 4.32. The highest BCUT2D eigenvalue weighted by Gasteiger charge is 2.14. The summed E-state index contributed by atoms with van der Waals surface area (Å²) < 4.78 is 39.2. The summed E-state index contributed by atoms with van der Waals surface area (Å²) >= 11 is 0. The van der Waals surface area contributed by atoms with Gasteiger partial charge in [-0.25, -0.2) is 13.2 Å². The van der Waals surface area contributed by atoms with Crippen molar-refractivity contribution >= 4 is 11.6 Å². The summed E-state index contributed by atoms with van der Waals surface area (Å²) in [6.07, 6.45) is 1.61. The first-order valence-electron chi connectivity index (χ1n) is 6.21. The van der Waals surface area contributed by atoms with Crippen molar-refractivity contribution in [1.82, 2.24) is 5.32 Å². The topological polar surface area (TPSA) is 64.9 Å². The summed E-state index contributed by atoms with van der Waals surface area (Å²) in [6.45, 7) is 3.62. The Morgan fingerprint density at radius 1 is 1.38 bits per heavy atom. The Hall–Kier alpha value is -2.49. The van der Waals surface area contributed by atoms with E-state index in [0.717, 1.165) is 18.3 Å². The molecular weight excluding hydrogens is 283 g/mol. The van der Waals surface area contributed by atoms with Gasteiger partial charge in [-0.1, -0.05) is 6.92 Å². The first-order chi connectivity index (χ1) is 9.90. The normalized spacial score (nSPS) is 12.5. The lowest BCUT2D eigenvalue weighted by Gasteiger charge is -2.10. The third kappa shape index (κ3) is 4.24. The third-order valence-corrected chi connectivity index (χ3v) is 2.76. The molecule has 1 unspecified atom stereocenters. The molecule has 0 radical (unpaired) electrons. The maximum atomic E-state index is 13.4. The molecule has 0 spiro atoms. The smallest absolute Gasteiger partial charge is 0.263 e. The first-order valence-corrected chi connectivity index (χ1v) is 6.21. The van der Waals surface area contributed by atoms with Crippen molar-refractivity contribution in [3.8, 4) is 6.07 Å².